The lowest BCUT2D eigenvalue weighted by Gasteiger charge is -2.25. The second kappa shape index (κ2) is 5.35. The molecular formula is C14H21OSi. The summed E-state index contributed by atoms with van der Waals surface area (Å²) in [4.78, 5) is 0. The van der Waals surface area contributed by atoms with Crippen LogP contribution in [-0.4, -0.2) is 14.4 Å². The number of benzene rings is 1. The zero-order valence-electron chi connectivity index (χ0n) is 10.9. The van der Waals surface area contributed by atoms with Crippen molar-refractivity contribution >= 4 is 14.9 Å². The van der Waals surface area contributed by atoms with Gasteiger partial charge < -0.3 is 4.74 Å². The zero-order chi connectivity index (χ0) is 12.2. The third kappa shape index (κ3) is 4.66. The molecule has 0 heterocycles. The first kappa shape index (κ1) is 13.0. The van der Waals surface area contributed by atoms with Gasteiger partial charge in [0.15, 0.2) is 0 Å². The van der Waals surface area contributed by atoms with Gasteiger partial charge in [-0.3, -0.25) is 0 Å². The number of ether oxygens (including phenoxy) is 1. The maximum absolute atomic E-state index is 6.01. The van der Waals surface area contributed by atoms with E-state index >= 15 is 0 Å². The molecule has 0 bridgehead atoms. The van der Waals surface area contributed by atoms with Crippen LogP contribution in [0.4, 0.5) is 0 Å². The van der Waals surface area contributed by atoms with E-state index in [1.54, 1.807) is 0 Å². The van der Waals surface area contributed by atoms with Gasteiger partial charge in [-0.1, -0.05) is 43.4 Å². The molecule has 0 unspecified atom stereocenters. The molecule has 0 aliphatic rings. The first-order valence-corrected chi connectivity index (χ1v) is 8.15. The Balaban J connectivity index is 2.90. The first-order chi connectivity index (χ1) is 7.38. The van der Waals surface area contributed by atoms with Gasteiger partial charge >= 0.3 is 0 Å². The fourth-order valence-electron chi connectivity index (χ4n) is 1.31. The molecule has 0 saturated heterocycles. The summed E-state index contributed by atoms with van der Waals surface area (Å²) in [7, 11) is -0.565. The van der Waals surface area contributed by atoms with E-state index in [0.717, 1.165) is 5.38 Å². The second-order valence-corrected chi connectivity index (χ2v) is 7.63. The highest BCUT2D eigenvalue weighted by Gasteiger charge is 2.16. The Labute approximate surface area is 101 Å². The Morgan fingerprint density at radius 1 is 1.12 bits per heavy atom. The normalized spacial score (nSPS) is 13.0. The molecule has 0 aliphatic carbocycles. The third-order valence-electron chi connectivity index (χ3n) is 2.01. The average molecular weight is 233 g/mol. The summed E-state index contributed by atoms with van der Waals surface area (Å²) in [5, 5.41) is 1.14. The SMILES string of the molecule is C[Si](C)C(=Cc1ccccc1)OC(C)(C)C. The van der Waals surface area contributed by atoms with Crippen molar-refractivity contribution in [3.8, 4) is 0 Å². The molecule has 2 heteroatoms. The molecule has 1 aromatic carbocycles. The highest BCUT2D eigenvalue weighted by Crippen LogP contribution is 2.18. The van der Waals surface area contributed by atoms with Crippen molar-refractivity contribution in [1.29, 1.82) is 0 Å². The van der Waals surface area contributed by atoms with Crippen molar-refractivity contribution in [1.82, 2.24) is 0 Å². The predicted molar refractivity (Wildman–Crippen MR) is 72.7 cm³/mol. The summed E-state index contributed by atoms with van der Waals surface area (Å²) in [5.74, 6) is 0. The van der Waals surface area contributed by atoms with Crippen LogP contribution in [0.25, 0.3) is 6.08 Å². The summed E-state index contributed by atoms with van der Waals surface area (Å²) in [6.07, 6.45) is 2.17. The predicted octanol–water partition coefficient (Wildman–Crippen LogP) is 4.14. The molecule has 0 amide bonds. The van der Waals surface area contributed by atoms with Crippen LogP contribution < -0.4 is 0 Å². The minimum atomic E-state index is -0.565. The van der Waals surface area contributed by atoms with Crippen LogP contribution in [0.5, 0.6) is 0 Å². The summed E-state index contributed by atoms with van der Waals surface area (Å²) < 4.78 is 6.01. The summed E-state index contributed by atoms with van der Waals surface area (Å²) in [5.41, 5.74) is 1.11. The van der Waals surface area contributed by atoms with Gasteiger partial charge in [0.05, 0.1) is 11.0 Å². The molecule has 1 rings (SSSR count). The van der Waals surface area contributed by atoms with Gasteiger partial charge in [0, 0.05) is 0 Å². The Hall–Kier alpha value is -1.02. The van der Waals surface area contributed by atoms with Gasteiger partial charge in [0.25, 0.3) is 0 Å². The molecule has 0 aromatic heterocycles. The molecule has 0 N–H and O–H groups in total. The van der Waals surface area contributed by atoms with E-state index in [-0.39, 0.29) is 5.60 Å². The van der Waals surface area contributed by atoms with E-state index in [0.29, 0.717) is 0 Å². The quantitative estimate of drug-likeness (QED) is 0.563. The van der Waals surface area contributed by atoms with E-state index in [1.807, 2.05) is 6.07 Å². The van der Waals surface area contributed by atoms with E-state index in [2.05, 4.69) is 64.2 Å². The van der Waals surface area contributed by atoms with Gasteiger partial charge in [-0.05, 0) is 32.4 Å². The Morgan fingerprint density at radius 2 is 1.69 bits per heavy atom. The smallest absolute Gasteiger partial charge is 0.127 e. The molecule has 1 radical (unpaired) electrons. The highest BCUT2D eigenvalue weighted by atomic mass is 28.3. The van der Waals surface area contributed by atoms with Crippen LogP contribution in [0.15, 0.2) is 35.7 Å². The maximum Gasteiger partial charge on any atom is 0.127 e. The van der Waals surface area contributed by atoms with E-state index in [1.165, 1.54) is 5.56 Å². The third-order valence-corrected chi connectivity index (χ3v) is 3.24. The molecule has 0 saturated carbocycles. The lowest BCUT2D eigenvalue weighted by molar-refractivity contribution is 0.0676. The van der Waals surface area contributed by atoms with Crippen LogP contribution in [0.2, 0.25) is 13.1 Å². The fraction of sp³-hybridized carbons (Fsp3) is 0.429. The molecular weight excluding hydrogens is 212 g/mol. The molecule has 0 spiro atoms. The van der Waals surface area contributed by atoms with Crippen LogP contribution in [0.3, 0.4) is 0 Å². The van der Waals surface area contributed by atoms with Gasteiger partial charge in [0.1, 0.15) is 8.80 Å². The zero-order valence-corrected chi connectivity index (χ0v) is 11.9. The molecule has 1 nitrogen and oxygen atoms in total. The summed E-state index contributed by atoms with van der Waals surface area (Å²) in [6, 6.07) is 10.4. The minimum absolute atomic E-state index is 0.109. The fourth-order valence-corrected chi connectivity index (χ4v) is 2.27. The summed E-state index contributed by atoms with van der Waals surface area (Å²) >= 11 is 0. The van der Waals surface area contributed by atoms with E-state index in [4.69, 9.17) is 4.74 Å². The van der Waals surface area contributed by atoms with E-state index in [9.17, 15) is 0 Å². The van der Waals surface area contributed by atoms with Crippen LogP contribution in [0, 0.1) is 0 Å². The van der Waals surface area contributed by atoms with Gasteiger partial charge in [-0.2, -0.15) is 0 Å². The van der Waals surface area contributed by atoms with E-state index < -0.39 is 8.80 Å². The van der Waals surface area contributed by atoms with Gasteiger partial charge in [-0.15, -0.1) is 0 Å². The average Bonchev–Trinajstić information content (AvgIpc) is 2.16. The Morgan fingerprint density at radius 3 is 2.12 bits per heavy atom. The van der Waals surface area contributed by atoms with Crippen molar-refractivity contribution in [2.75, 3.05) is 0 Å². The molecule has 16 heavy (non-hydrogen) atoms. The van der Waals surface area contributed by atoms with Gasteiger partial charge in [0.2, 0.25) is 0 Å². The number of hydrogen-bond acceptors (Lipinski definition) is 1. The Kier molecular flexibility index (Phi) is 4.36. The number of hydrogen-bond donors (Lipinski definition) is 0. The minimum Gasteiger partial charge on any atom is -0.498 e. The molecule has 1 aromatic rings. The van der Waals surface area contributed by atoms with Crippen LogP contribution in [-0.2, 0) is 4.74 Å². The van der Waals surface area contributed by atoms with Crippen molar-refractivity contribution in [2.24, 2.45) is 0 Å². The lowest BCUT2D eigenvalue weighted by Crippen LogP contribution is -2.23. The molecule has 87 valence electrons. The number of rotatable bonds is 3. The second-order valence-electron chi connectivity index (χ2n) is 5.13. The van der Waals surface area contributed by atoms with Crippen molar-refractivity contribution < 1.29 is 4.74 Å². The topological polar surface area (TPSA) is 9.23 Å². The van der Waals surface area contributed by atoms with Gasteiger partial charge in [-0.25, -0.2) is 0 Å². The maximum atomic E-state index is 6.01. The largest absolute Gasteiger partial charge is 0.498 e. The monoisotopic (exact) mass is 233 g/mol. The molecule has 0 fully saturated rings. The van der Waals surface area contributed by atoms with Crippen LogP contribution >= 0.6 is 0 Å². The highest BCUT2D eigenvalue weighted by molar-refractivity contribution is 6.64. The lowest BCUT2D eigenvalue weighted by atomic mass is 10.2. The standard InChI is InChI=1S/C14H21OSi/c1-14(2,3)15-13(16(4)5)11-12-9-7-6-8-10-12/h6-11H,1-5H3. The van der Waals surface area contributed by atoms with Crippen LogP contribution in [0.1, 0.15) is 26.3 Å². The van der Waals surface area contributed by atoms with Crippen molar-refractivity contribution in [2.45, 2.75) is 39.5 Å². The molecule has 0 atom stereocenters. The summed E-state index contributed by atoms with van der Waals surface area (Å²) in [6.45, 7) is 10.8. The van der Waals surface area contributed by atoms with Crippen molar-refractivity contribution in [3.05, 3.63) is 41.3 Å². The molecule has 0 aliphatic heterocycles. The van der Waals surface area contributed by atoms with Crippen molar-refractivity contribution in [3.63, 3.8) is 0 Å². The Bertz CT molecular complexity index is 347. The first-order valence-electron chi connectivity index (χ1n) is 5.65.